The molecule has 1 amide bonds. The average Bonchev–Trinajstić information content (AvgIpc) is 2.30. The molecule has 1 saturated heterocycles. The molecule has 0 aromatic heterocycles. The van der Waals surface area contributed by atoms with Crippen LogP contribution in [0.3, 0.4) is 0 Å². The minimum Gasteiger partial charge on any atom is -0.381 e. The first-order valence-corrected chi connectivity index (χ1v) is 6.20. The summed E-state index contributed by atoms with van der Waals surface area (Å²) in [5.41, 5.74) is 0. The third-order valence-corrected chi connectivity index (χ3v) is 2.86. The molecule has 1 aliphatic rings. The van der Waals surface area contributed by atoms with Crippen LogP contribution in [0.5, 0.6) is 0 Å². The SMILES string of the molecule is CCCCCCNC(=O)[C@@H]1CCCOC1. The summed E-state index contributed by atoms with van der Waals surface area (Å²) < 4.78 is 5.29. The number of rotatable bonds is 6. The Labute approximate surface area is 92.6 Å². The summed E-state index contributed by atoms with van der Waals surface area (Å²) in [4.78, 5) is 11.6. The Morgan fingerprint density at radius 3 is 2.93 bits per heavy atom. The molecular formula is C12H23NO2. The second-order valence-corrected chi connectivity index (χ2v) is 4.27. The molecule has 3 nitrogen and oxygen atoms in total. The molecule has 1 fully saturated rings. The number of hydrogen-bond donors (Lipinski definition) is 1. The third-order valence-electron chi connectivity index (χ3n) is 2.86. The predicted molar refractivity (Wildman–Crippen MR) is 60.7 cm³/mol. The zero-order valence-corrected chi connectivity index (χ0v) is 9.76. The van der Waals surface area contributed by atoms with Crippen LogP contribution >= 0.6 is 0 Å². The molecule has 1 N–H and O–H groups in total. The average molecular weight is 213 g/mol. The molecule has 88 valence electrons. The lowest BCUT2D eigenvalue weighted by Crippen LogP contribution is -2.36. The van der Waals surface area contributed by atoms with Crippen LogP contribution in [0.25, 0.3) is 0 Å². The quantitative estimate of drug-likeness (QED) is 0.686. The first-order valence-electron chi connectivity index (χ1n) is 6.20. The smallest absolute Gasteiger partial charge is 0.225 e. The highest BCUT2D eigenvalue weighted by atomic mass is 16.5. The fraction of sp³-hybridized carbons (Fsp3) is 0.917. The summed E-state index contributed by atoms with van der Waals surface area (Å²) in [5, 5.41) is 2.99. The van der Waals surface area contributed by atoms with Crippen molar-refractivity contribution in [3.63, 3.8) is 0 Å². The van der Waals surface area contributed by atoms with Gasteiger partial charge in [-0.3, -0.25) is 4.79 Å². The summed E-state index contributed by atoms with van der Waals surface area (Å²) in [5.74, 6) is 0.288. The summed E-state index contributed by atoms with van der Waals surface area (Å²) in [6.07, 6.45) is 6.84. The minimum atomic E-state index is 0.102. The van der Waals surface area contributed by atoms with Gasteiger partial charge in [0.25, 0.3) is 0 Å². The van der Waals surface area contributed by atoms with E-state index in [1.54, 1.807) is 0 Å². The molecule has 1 heterocycles. The van der Waals surface area contributed by atoms with Gasteiger partial charge in [0.15, 0.2) is 0 Å². The van der Waals surface area contributed by atoms with Crippen molar-refractivity contribution < 1.29 is 9.53 Å². The molecule has 1 atom stereocenters. The molecule has 0 unspecified atom stereocenters. The van der Waals surface area contributed by atoms with Gasteiger partial charge in [-0.25, -0.2) is 0 Å². The number of ether oxygens (including phenoxy) is 1. The topological polar surface area (TPSA) is 38.3 Å². The Hall–Kier alpha value is -0.570. The van der Waals surface area contributed by atoms with Crippen molar-refractivity contribution >= 4 is 5.91 Å². The van der Waals surface area contributed by atoms with Gasteiger partial charge in [-0.1, -0.05) is 26.2 Å². The third kappa shape index (κ3) is 5.17. The van der Waals surface area contributed by atoms with Crippen molar-refractivity contribution in [2.75, 3.05) is 19.8 Å². The monoisotopic (exact) mass is 213 g/mol. The Morgan fingerprint density at radius 1 is 1.40 bits per heavy atom. The Morgan fingerprint density at radius 2 is 2.27 bits per heavy atom. The van der Waals surface area contributed by atoms with Crippen molar-refractivity contribution in [3.05, 3.63) is 0 Å². The molecule has 0 bridgehead atoms. The van der Waals surface area contributed by atoms with E-state index in [0.717, 1.165) is 32.4 Å². The van der Waals surface area contributed by atoms with Gasteiger partial charge in [0, 0.05) is 13.2 Å². The fourth-order valence-electron chi connectivity index (χ4n) is 1.86. The predicted octanol–water partition coefficient (Wildman–Crippen LogP) is 2.11. The van der Waals surface area contributed by atoms with Crippen LogP contribution in [-0.2, 0) is 9.53 Å². The summed E-state index contributed by atoms with van der Waals surface area (Å²) in [6.45, 7) is 4.45. The number of unbranched alkanes of at least 4 members (excludes halogenated alkanes) is 3. The molecule has 0 aromatic carbocycles. The molecule has 15 heavy (non-hydrogen) atoms. The van der Waals surface area contributed by atoms with Crippen molar-refractivity contribution in [1.82, 2.24) is 5.32 Å². The highest BCUT2D eigenvalue weighted by Crippen LogP contribution is 2.13. The van der Waals surface area contributed by atoms with E-state index < -0.39 is 0 Å². The normalized spacial score (nSPS) is 21.3. The van der Waals surface area contributed by atoms with E-state index in [0.29, 0.717) is 6.61 Å². The molecule has 1 rings (SSSR count). The lowest BCUT2D eigenvalue weighted by molar-refractivity contribution is -0.128. The summed E-state index contributed by atoms with van der Waals surface area (Å²) in [7, 11) is 0. The van der Waals surface area contributed by atoms with Crippen molar-refractivity contribution in [2.45, 2.75) is 45.4 Å². The van der Waals surface area contributed by atoms with Crippen LogP contribution in [0.1, 0.15) is 45.4 Å². The molecule has 3 heteroatoms. The van der Waals surface area contributed by atoms with E-state index in [-0.39, 0.29) is 11.8 Å². The highest BCUT2D eigenvalue weighted by molar-refractivity contribution is 5.78. The number of nitrogens with one attached hydrogen (secondary N) is 1. The van der Waals surface area contributed by atoms with E-state index in [1.807, 2.05) is 0 Å². The Bertz CT molecular complexity index is 176. The van der Waals surface area contributed by atoms with Gasteiger partial charge in [-0.15, -0.1) is 0 Å². The van der Waals surface area contributed by atoms with Crippen LogP contribution < -0.4 is 5.32 Å². The van der Waals surface area contributed by atoms with Crippen molar-refractivity contribution in [1.29, 1.82) is 0 Å². The van der Waals surface area contributed by atoms with Crippen molar-refractivity contribution in [2.24, 2.45) is 5.92 Å². The number of hydrogen-bond acceptors (Lipinski definition) is 2. The number of carbonyl (C=O) groups is 1. The zero-order chi connectivity index (χ0) is 10.9. The first kappa shape index (κ1) is 12.5. The van der Waals surface area contributed by atoms with E-state index in [9.17, 15) is 4.79 Å². The van der Waals surface area contributed by atoms with E-state index in [2.05, 4.69) is 12.2 Å². The lowest BCUT2D eigenvalue weighted by atomic mass is 10.0. The van der Waals surface area contributed by atoms with Crippen LogP contribution in [0.15, 0.2) is 0 Å². The maximum atomic E-state index is 11.6. The van der Waals surface area contributed by atoms with Gasteiger partial charge in [0.05, 0.1) is 12.5 Å². The summed E-state index contributed by atoms with van der Waals surface area (Å²) >= 11 is 0. The second kappa shape index (κ2) is 7.69. The van der Waals surface area contributed by atoms with Crippen LogP contribution in [0, 0.1) is 5.92 Å². The van der Waals surface area contributed by atoms with E-state index in [1.165, 1.54) is 19.3 Å². The maximum Gasteiger partial charge on any atom is 0.225 e. The van der Waals surface area contributed by atoms with E-state index in [4.69, 9.17) is 4.74 Å². The lowest BCUT2D eigenvalue weighted by Gasteiger charge is -2.21. The van der Waals surface area contributed by atoms with Crippen LogP contribution in [-0.4, -0.2) is 25.7 Å². The molecular weight excluding hydrogens is 190 g/mol. The molecule has 0 spiro atoms. The van der Waals surface area contributed by atoms with Gasteiger partial charge in [0.2, 0.25) is 5.91 Å². The number of amides is 1. The second-order valence-electron chi connectivity index (χ2n) is 4.27. The molecule has 0 aliphatic carbocycles. The Balaban J connectivity index is 2.02. The molecule has 0 aromatic rings. The number of carbonyl (C=O) groups excluding carboxylic acids is 1. The van der Waals surface area contributed by atoms with Gasteiger partial charge in [-0.2, -0.15) is 0 Å². The van der Waals surface area contributed by atoms with Crippen LogP contribution in [0.2, 0.25) is 0 Å². The van der Waals surface area contributed by atoms with E-state index >= 15 is 0 Å². The fourth-order valence-corrected chi connectivity index (χ4v) is 1.86. The zero-order valence-electron chi connectivity index (χ0n) is 9.76. The van der Waals surface area contributed by atoms with Gasteiger partial charge < -0.3 is 10.1 Å². The summed E-state index contributed by atoms with van der Waals surface area (Å²) in [6, 6.07) is 0. The highest BCUT2D eigenvalue weighted by Gasteiger charge is 2.20. The standard InChI is InChI=1S/C12H23NO2/c1-2-3-4-5-8-13-12(14)11-7-6-9-15-10-11/h11H,2-10H2,1H3,(H,13,14)/t11-/m1/s1. The molecule has 1 aliphatic heterocycles. The van der Waals surface area contributed by atoms with Gasteiger partial charge in [-0.05, 0) is 19.3 Å². The first-order chi connectivity index (χ1) is 7.34. The molecule has 0 radical (unpaired) electrons. The van der Waals surface area contributed by atoms with Crippen LogP contribution in [0.4, 0.5) is 0 Å². The van der Waals surface area contributed by atoms with Gasteiger partial charge >= 0.3 is 0 Å². The van der Waals surface area contributed by atoms with Crippen molar-refractivity contribution in [3.8, 4) is 0 Å². The minimum absolute atomic E-state index is 0.102. The molecule has 0 saturated carbocycles. The Kier molecular flexibility index (Phi) is 6.41. The maximum absolute atomic E-state index is 11.6. The largest absolute Gasteiger partial charge is 0.381 e. The van der Waals surface area contributed by atoms with Gasteiger partial charge in [0.1, 0.15) is 0 Å².